The Kier molecular flexibility index (Phi) is 4.45. The number of ether oxygens (including phenoxy) is 2. The zero-order chi connectivity index (χ0) is 16.3. The third kappa shape index (κ3) is 3.13. The predicted molar refractivity (Wildman–Crippen MR) is 87.2 cm³/mol. The summed E-state index contributed by atoms with van der Waals surface area (Å²) >= 11 is 0. The van der Waals surface area contributed by atoms with Gasteiger partial charge in [-0.3, -0.25) is 10.1 Å². The van der Waals surface area contributed by atoms with Gasteiger partial charge in [0.15, 0.2) is 5.60 Å². The molecule has 2 heterocycles. The maximum Gasteiger partial charge on any atom is 0.261 e. The molecule has 6 heteroatoms. The summed E-state index contributed by atoms with van der Waals surface area (Å²) in [7, 11) is 1.52. The average molecular weight is 315 g/mol. The number of H-pyrrole nitrogens is 1. The Morgan fingerprint density at radius 2 is 2.22 bits per heavy atom. The van der Waals surface area contributed by atoms with Gasteiger partial charge < -0.3 is 14.5 Å². The Balaban J connectivity index is 1.72. The minimum absolute atomic E-state index is 0.236. The summed E-state index contributed by atoms with van der Waals surface area (Å²) in [5, 5.41) is 2.78. The van der Waals surface area contributed by atoms with E-state index in [0.717, 1.165) is 17.7 Å². The fraction of sp³-hybridized carbons (Fsp3) is 0.412. The van der Waals surface area contributed by atoms with Gasteiger partial charge >= 0.3 is 0 Å². The maximum atomic E-state index is 12.4. The third-order valence-electron chi connectivity index (χ3n) is 4.27. The van der Waals surface area contributed by atoms with Crippen molar-refractivity contribution in [1.82, 2.24) is 9.97 Å². The van der Waals surface area contributed by atoms with Crippen LogP contribution in [0.2, 0.25) is 0 Å². The van der Waals surface area contributed by atoms with Gasteiger partial charge in [-0.1, -0.05) is 31.2 Å². The molecule has 1 aliphatic heterocycles. The van der Waals surface area contributed by atoms with Crippen LogP contribution < -0.4 is 5.32 Å². The second-order valence-electron chi connectivity index (χ2n) is 5.65. The number of nitrogens with one attached hydrogen (secondary N) is 2. The van der Waals surface area contributed by atoms with Gasteiger partial charge in [0.1, 0.15) is 0 Å². The lowest BCUT2D eigenvalue weighted by Gasteiger charge is -2.23. The van der Waals surface area contributed by atoms with Crippen LogP contribution in [-0.4, -0.2) is 41.8 Å². The molecule has 0 saturated carbocycles. The van der Waals surface area contributed by atoms with Crippen LogP contribution in [0, 0.1) is 0 Å². The fourth-order valence-electron chi connectivity index (χ4n) is 2.65. The van der Waals surface area contributed by atoms with Crippen molar-refractivity contribution in [1.29, 1.82) is 0 Å². The first-order valence-electron chi connectivity index (χ1n) is 7.75. The number of imidazole rings is 1. The molecule has 0 spiro atoms. The molecule has 1 aromatic carbocycles. The van der Waals surface area contributed by atoms with E-state index in [2.05, 4.69) is 34.3 Å². The highest BCUT2D eigenvalue weighted by Crippen LogP contribution is 2.25. The topological polar surface area (TPSA) is 76.2 Å². The van der Waals surface area contributed by atoms with E-state index in [4.69, 9.17) is 9.47 Å². The van der Waals surface area contributed by atoms with Crippen LogP contribution in [0.5, 0.6) is 0 Å². The van der Waals surface area contributed by atoms with Gasteiger partial charge in [-0.25, -0.2) is 4.98 Å². The summed E-state index contributed by atoms with van der Waals surface area (Å²) in [6, 6.07) is 8.26. The molecule has 122 valence electrons. The minimum atomic E-state index is -0.921. The number of aromatic nitrogens is 2. The first-order valence-corrected chi connectivity index (χ1v) is 7.75. The molecule has 1 aliphatic rings. The number of aryl methyl sites for hydroxylation is 1. The zero-order valence-electron chi connectivity index (χ0n) is 13.4. The molecule has 0 unspecified atom stereocenters. The molecule has 0 radical (unpaired) electrons. The molecule has 1 saturated heterocycles. The largest absolute Gasteiger partial charge is 0.378 e. The lowest BCUT2D eigenvalue weighted by Crippen LogP contribution is -2.45. The number of aromatic amines is 1. The lowest BCUT2D eigenvalue weighted by atomic mass is 10.0. The highest BCUT2D eigenvalue weighted by Gasteiger charge is 2.43. The van der Waals surface area contributed by atoms with Crippen LogP contribution >= 0.6 is 0 Å². The van der Waals surface area contributed by atoms with Crippen molar-refractivity contribution in [2.24, 2.45) is 0 Å². The molecule has 1 amide bonds. The first kappa shape index (κ1) is 15.7. The summed E-state index contributed by atoms with van der Waals surface area (Å²) < 4.78 is 10.7. The molecule has 0 aliphatic carbocycles. The van der Waals surface area contributed by atoms with E-state index in [1.165, 1.54) is 12.7 Å². The van der Waals surface area contributed by atoms with Crippen LogP contribution in [0.3, 0.4) is 0 Å². The van der Waals surface area contributed by atoms with Gasteiger partial charge in [-0.15, -0.1) is 0 Å². The van der Waals surface area contributed by atoms with E-state index in [0.29, 0.717) is 19.0 Å². The van der Waals surface area contributed by atoms with Crippen LogP contribution in [0.1, 0.15) is 18.9 Å². The van der Waals surface area contributed by atoms with Crippen molar-refractivity contribution in [3.63, 3.8) is 0 Å². The average Bonchev–Trinajstić information content (AvgIpc) is 3.25. The number of methoxy groups -OCH3 is 1. The van der Waals surface area contributed by atoms with Crippen LogP contribution in [-0.2, 0) is 20.7 Å². The predicted octanol–water partition coefficient (Wildman–Crippen LogP) is 2.38. The first-order chi connectivity index (χ1) is 11.2. The number of carbonyl (C=O) groups excluding carboxylic acids is 1. The Morgan fingerprint density at radius 3 is 2.83 bits per heavy atom. The van der Waals surface area contributed by atoms with Crippen molar-refractivity contribution in [3.05, 3.63) is 36.0 Å². The fourth-order valence-corrected chi connectivity index (χ4v) is 2.65. The molecule has 0 bridgehead atoms. The number of amides is 1. The van der Waals surface area contributed by atoms with Crippen molar-refractivity contribution in [3.8, 4) is 11.3 Å². The van der Waals surface area contributed by atoms with E-state index in [-0.39, 0.29) is 12.5 Å². The molecular weight excluding hydrogens is 294 g/mol. The van der Waals surface area contributed by atoms with Crippen LogP contribution in [0.25, 0.3) is 11.3 Å². The Labute approximate surface area is 135 Å². The summed E-state index contributed by atoms with van der Waals surface area (Å²) in [4.78, 5) is 19.8. The molecule has 1 fully saturated rings. The number of nitrogens with zero attached hydrogens (tertiary/aromatic N) is 1. The highest BCUT2D eigenvalue weighted by molar-refractivity contribution is 5.96. The van der Waals surface area contributed by atoms with Gasteiger partial charge in [0.25, 0.3) is 5.91 Å². The summed E-state index contributed by atoms with van der Waals surface area (Å²) in [6.07, 6.45) is 3.26. The van der Waals surface area contributed by atoms with Crippen molar-refractivity contribution in [2.75, 3.05) is 25.6 Å². The molecule has 2 N–H and O–H groups in total. The molecule has 23 heavy (non-hydrogen) atoms. The zero-order valence-corrected chi connectivity index (χ0v) is 13.4. The van der Waals surface area contributed by atoms with Crippen molar-refractivity contribution in [2.45, 2.75) is 25.4 Å². The van der Waals surface area contributed by atoms with E-state index in [1.54, 1.807) is 6.20 Å². The molecule has 1 atom stereocenters. The number of benzene rings is 1. The number of hydrogen-bond donors (Lipinski definition) is 2. The van der Waals surface area contributed by atoms with Gasteiger partial charge in [-0.05, 0) is 17.5 Å². The van der Waals surface area contributed by atoms with Gasteiger partial charge in [0.05, 0.1) is 25.1 Å². The van der Waals surface area contributed by atoms with E-state index in [1.807, 2.05) is 12.1 Å². The second-order valence-corrected chi connectivity index (χ2v) is 5.65. The standard InChI is InChI=1S/C17H21N3O3/c1-3-12-4-6-13(7-5-12)14-10-18-16(19-14)20-15(21)17(22-2)8-9-23-11-17/h4-7,10H,3,8-9,11H2,1-2H3,(H2,18,19,20,21)/t17-/m0/s1. The van der Waals surface area contributed by atoms with Crippen molar-refractivity contribution >= 4 is 11.9 Å². The van der Waals surface area contributed by atoms with E-state index >= 15 is 0 Å². The quantitative estimate of drug-likeness (QED) is 0.888. The molecule has 2 aromatic rings. The molecule has 6 nitrogen and oxygen atoms in total. The Hall–Kier alpha value is -2.18. The number of carbonyl (C=O) groups is 1. The maximum absolute atomic E-state index is 12.4. The molecule has 1 aromatic heterocycles. The van der Waals surface area contributed by atoms with Crippen LogP contribution in [0.4, 0.5) is 5.95 Å². The molecule has 3 rings (SSSR count). The number of hydrogen-bond acceptors (Lipinski definition) is 4. The minimum Gasteiger partial charge on any atom is -0.378 e. The monoisotopic (exact) mass is 315 g/mol. The highest BCUT2D eigenvalue weighted by atomic mass is 16.6. The number of rotatable bonds is 5. The number of anilines is 1. The lowest BCUT2D eigenvalue weighted by molar-refractivity contribution is -0.137. The summed E-state index contributed by atoms with van der Waals surface area (Å²) in [5.74, 6) is 0.174. The third-order valence-corrected chi connectivity index (χ3v) is 4.27. The molecular formula is C17H21N3O3. The van der Waals surface area contributed by atoms with Crippen molar-refractivity contribution < 1.29 is 14.3 Å². The van der Waals surface area contributed by atoms with E-state index in [9.17, 15) is 4.79 Å². The van der Waals surface area contributed by atoms with Gasteiger partial charge in [-0.2, -0.15) is 0 Å². The second kappa shape index (κ2) is 6.52. The Morgan fingerprint density at radius 1 is 1.43 bits per heavy atom. The van der Waals surface area contributed by atoms with E-state index < -0.39 is 5.60 Å². The summed E-state index contributed by atoms with van der Waals surface area (Å²) in [6.45, 7) is 2.91. The van der Waals surface area contributed by atoms with Crippen LogP contribution in [0.15, 0.2) is 30.5 Å². The van der Waals surface area contributed by atoms with Gasteiger partial charge in [0, 0.05) is 13.5 Å². The summed E-state index contributed by atoms with van der Waals surface area (Å²) in [5.41, 5.74) is 2.25. The van der Waals surface area contributed by atoms with Gasteiger partial charge in [0.2, 0.25) is 5.95 Å². The smallest absolute Gasteiger partial charge is 0.261 e. The Bertz CT molecular complexity index is 673. The SMILES string of the molecule is CCc1ccc(-c2cnc(NC(=O)[C@]3(OC)CCOC3)[nH]2)cc1. The normalized spacial score (nSPS) is 20.6.